The van der Waals surface area contributed by atoms with Crippen LogP contribution in [-0.2, 0) is 5.88 Å². The van der Waals surface area contributed by atoms with Crippen LogP contribution >= 0.6 is 11.6 Å². The van der Waals surface area contributed by atoms with Gasteiger partial charge in [0.1, 0.15) is 0 Å². The molecule has 0 radical (unpaired) electrons. The molecular weight excluding hydrogens is 222 g/mol. The van der Waals surface area contributed by atoms with E-state index in [2.05, 4.69) is 14.9 Å². The first-order valence-corrected chi connectivity index (χ1v) is 6.55. The molecule has 2 heterocycles. The Kier molecular flexibility index (Phi) is 4.40. The van der Waals surface area contributed by atoms with Crippen LogP contribution < -0.4 is 4.90 Å². The van der Waals surface area contributed by atoms with Gasteiger partial charge in [0.05, 0.1) is 5.88 Å². The number of anilines is 1. The first kappa shape index (κ1) is 11.6. The molecule has 1 aliphatic heterocycles. The topological polar surface area (TPSA) is 29.0 Å². The van der Waals surface area contributed by atoms with Crippen LogP contribution in [0, 0.1) is 0 Å². The van der Waals surface area contributed by atoms with E-state index in [1.165, 1.54) is 32.1 Å². The lowest BCUT2D eigenvalue weighted by Gasteiger charge is -2.24. The second-order valence-electron chi connectivity index (χ2n) is 4.28. The summed E-state index contributed by atoms with van der Waals surface area (Å²) in [6.07, 6.45) is 10.2. The van der Waals surface area contributed by atoms with Crippen molar-refractivity contribution in [1.29, 1.82) is 0 Å². The summed E-state index contributed by atoms with van der Waals surface area (Å²) in [5.41, 5.74) is 0.984. The Hall–Kier alpha value is -0.830. The zero-order valence-electron chi connectivity index (χ0n) is 9.53. The highest BCUT2D eigenvalue weighted by Gasteiger charge is 2.10. The van der Waals surface area contributed by atoms with Crippen LogP contribution in [0.3, 0.4) is 0 Å². The molecule has 4 heteroatoms. The van der Waals surface area contributed by atoms with Crippen LogP contribution in [0.5, 0.6) is 0 Å². The number of nitrogens with zero attached hydrogens (tertiary/aromatic N) is 3. The van der Waals surface area contributed by atoms with Gasteiger partial charge in [-0.1, -0.05) is 19.3 Å². The molecule has 0 spiro atoms. The van der Waals surface area contributed by atoms with Gasteiger partial charge in [0, 0.05) is 31.0 Å². The molecule has 0 atom stereocenters. The van der Waals surface area contributed by atoms with Gasteiger partial charge in [0.2, 0.25) is 5.95 Å². The van der Waals surface area contributed by atoms with Crippen molar-refractivity contribution in [3.05, 3.63) is 18.0 Å². The Morgan fingerprint density at radius 2 is 1.56 bits per heavy atom. The van der Waals surface area contributed by atoms with Gasteiger partial charge in [-0.15, -0.1) is 11.6 Å². The minimum absolute atomic E-state index is 0.486. The molecular formula is C12H18ClN3. The van der Waals surface area contributed by atoms with E-state index < -0.39 is 0 Å². The van der Waals surface area contributed by atoms with Crippen LogP contribution in [0.2, 0.25) is 0 Å². The smallest absolute Gasteiger partial charge is 0.225 e. The van der Waals surface area contributed by atoms with Crippen LogP contribution in [0.25, 0.3) is 0 Å². The molecule has 88 valence electrons. The van der Waals surface area contributed by atoms with E-state index in [1.54, 1.807) is 0 Å². The van der Waals surface area contributed by atoms with Crippen LogP contribution in [0.1, 0.15) is 37.7 Å². The van der Waals surface area contributed by atoms with Crippen molar-refractivity contribution in [2.24, 2.45) is 0 Å². The molecule has 0 bridgehead atoms. The first-order valence-electron chi connectivity index (χ1n) is 6.02. The average molecular weight is 240 g/mol. The molecule has 1 aromatic heterocycles. The van der Waals surface area contributed by atoms with Gasteiger partial charge in [-0.2, -0.15) is 0 Å². The van der Waals surface area contributed by atoms with Crippen molar-refractivity contribution in [2.45, 2.75) is 38.0 Å². The predicted molar refractivity (Wildman–Crippen MR) is 66.9 cm³/mol. The second kappa shape index (κ2) is 6.04. The van der Waals surface area contributed by atoms with E-state index in [0.717, 1.165) is 24.6 Å². The average Bonchev–Trinajstić information content (AvgIpc) is 2.29. The second-order valence-corrected chi connectivity index (χ2v) is 4.55. The van der Waals surface area contributed by atoms with Crippen molar-refractivity contribution in [2.75, 3.05) is 18.0 Å². The third-order valence-corrected chi connectivity index (χ3v) is 3.29. The maximum atomic E-state index is 5.72. The maximum absolute atomic E-state index is 5.72. The minimum Gasteiger partial charge on any atom is -0.341 e. The number of hydrogen-bond acceptors (Lipinski definition) is 3. The molecule has 1 fully saturated rings. The fourth-order valence-electron chi connectivity index (χ4n) is 2.03. The lowest BCUT2D eigenvalue weighted by Crippen LogP contribution is -2.28. The Morgan fingerprint density at radius 3 is 2.12 bits per heavy atom. The SMILES string of the molecule is ClCc1cnc(N2CCCCCCC2)nc1. The predicted octanol–water partition coefficient (Wildman–Crippen LogP) is 2.99. The van der Waals surface area contributed by atoms with E-state index in [4.69, 9.17) is 11.6 Å². The van der Waals surface area contributed by atoms with Crippen molar-refractivity contribution in [3.63, 3.8) is 0 Å². The maximum Gasteiger partial charge on any atom is 0.225 e. The molecule has 0 unspecified atom stereocenters. The van der Waals surface area contributed by atoms with Crippen molar-refractivity contribution in [3.8, 4) is 0 Å². The van der Waals surface area contributed by atoms with Crippen LogP contribution in [0.15, 0.2) is 12.4 Å². The normalized spacial score (nSPS) is 17.9. The summed E-state index contributed by atoms with van der Waals surface area (Å²) < 4.78 is 0. The molecule has 0 aliphatic carbocycles. The van der Waals surface area contributed by atoms with Gasteiger partial charge >= 0.3 is 0 Å². The lowest BCUT2D eigenvalue weighted by molar-refractivity contribution is 0.550. The van der Waals surface area contributed by atoms with E-state index in [-0.39, 0.29) is 0 Å². The van der Waals surface area contributed by atoms with Crippen LogP contribution in [0.4, 0.5) is 5.95 Å². The molecule has 0 N–H and O–H groups in total. The summed E-state index contributed by atoms with van der Waals surface area (Å²) in [6, 6.07) is 0. The number of aromatic nitrogens is 2. The van der Waals surface area contributed by atoms with Gasteiger partial charge in [0.25, 0.3) is 0 Å². The Morgan fingerprint density at radius 1 is 1.00 bits per heavy atom. The quantitative estimate of drug-likeness (QED) is 0.743. The standard InChI is InChI=1S/C12H18ClN3/c13-8-11-9-14-12(15-10-11)16-6-4-2-1-3-5-7-16/h9-10H,1-8H2. The van der Waals surface area contributed by atoms with Gasteiger partial charge < -0.3 is 4.90 Å². The van der Waals surface area contributed by atoms with E-state index in [9.17, 15) is 0 Å². The molecule has 1 aromatic rings. The van der Waals surface area contributed by atoms with E-state index in [0.29, 0.717) is 5.88 Å². The molecule has 3 nitrogen and oxygen atoms in total. The molecule has 1 aliphatic rings. The third-order valence-electron chi connectivity index (χ3n) is 2.98. The highest BCUT2D eigenvalue weighted by molar-refractivity contribution is 6.17. The lowest BCUT2D eigenvalue weighted by atomic mass is 10.1. The van der Waals surface area contributed by atoms with E-state index >= 15 is 0 Å². The van der Waals surface area contributed by atoms with Crippen molar-refractivity contribution < 1.29 is 0 Å². The molecule has 1 saturated heterocycles. The molecule has 0 aromatic carbocycles. The fourth-order valence-corrected chi connectivity index (χ4v) is 2.17. The first-order chi connectivity index (χ1) is 7.90. The van der Waals surface area contributed by atoms with Gasteiger partial charge in [0.15, 0.2) is 0 Å². The molecule has 0 saturated carbocycles. The summed E-state index contributed by atoms with van der Waals surface area (Å²) in [7, 11) is 0. The van der Waals surface area contributed by atoms with Gasteiger partial charge in [-0.3, -0.25) is 0 Å². The Labute approximate surface area is 102 Å². The number of rotatable bonds is 2. The largest absolute Gasteiger partial charge is 0.341 e. The van der Waals surface area contributed by atoms with Crippen molar-refractivity contribution in [1.82, 2.24) is 9.97 Å². The molecule has 2 rings (SSSR count). The summed E-state index contributed by atoms with van der Waals surface area (Å²) in [6.45, 7) is 2.17. The Balaban J connectivity index is 2.02. The number of alkyl halides is 1. The monoisotopic (exact) mass is 239 g/mol. The molecule has 0 amide bonds. The summed E-state index contributed by atoms with van der Waals surface area (Å²) >= 11 is 5.72. The highest BCUT2D eigenvalue weighted by Crippen LogP contribution is 2.15. The van der Waals surface area contributed by atoms with Gasteiger partial charge in [-0.05, 0) is 12.8 Å². The van der Waals surface area contributed by atoms with E-state index in [1.807, 2.05) is 12.4 Å². The summed E-state index contributed by atoms with van der Waals surface area (Å²) in [4.78, 5) is 11.0. The Bertz CT molecular complexity index is 305. The number of halogens is 1. The van der Waals surface area contributed by atoms with Gasteiger partial charge in [-0.25, -0.2) is 9.97 Å². The zero-order chi connectivity index (χ0) is 11.2. The zero-order valence-corrected chi connectivity index (χ0v) is 10.3. The third kappa shape index (κ3) is 3.08. The minimum atomic E-state index is 0.486. The molecule has 16 heavy (non-hydrogen) atoms. The summed E-state index contributed by atoms with van der Waals surface area (Å²) in [5.74, 6) is 1.34. The summed E-state index contributed by atoms with van der Waals surface area (Å²) in [5, 5.41) is 0. The van der Waals surface area contributed by atoms with Crippen LogP contribution in [-0.4, -0.2) is 23.1 Å². The number of hydrogen-bond donors (Lipinski definition) is 0. The fraction of sp³-hybridized carbons (Fsp3) is 0.667. The van der Waals surface area contributed by atoms with Crippen molar-refractivity contribution >= 4 is 17.5 Å². The highest BCUT2D eigenvalue weighted by atomic mass is 35.5.